The number of benzene rings is 3. The van der Waals surface area contributed by atoms with Crippen LogP contribution in [-0.2, 0) is 0 Å². The van der Waals surface area contributed by atoms with Crippen molar-refractivity contribution in [2.45, 2.75) is 60.4 Å². The molecule has 550 valence electrons. The first-order chi connectivity index (χ1) is 50.4. The molecule has 4 fully saturated rings. The fourth-order valence-electron chi connectivity index (χ4n) is 14.4. The monoisotopic (exact) mass is 1480 g/mol. The molecule has 28 nitrogen and oxygen atoms in total. The summed E-state index contributed by atoms with van der Waals surface area (Å²) >= 11 is 4.47. The minimum absolute atomic E-state index is 0.150. The first kappa shape index (κ1) is 72.2. The Kier molecular flexibility index (Phi) is 20.6. The number of hydrogen-bond acceptors (Lipinski definition) is 28. The van der Waals surface area contributed by atoms with Crippen LogP contribution < -0.4 is 60.0 Å². The standard InChI is InChI=1S/C28H37N9OS.2C23H28N8OS/c1-18-16-21(36-10-8-20(9-11-36)37-14-12-33(3)13-15-37)6-7-22(18)31-28-29-17-23-25(32-28)35(5)27-24(26(38)34(23)4)30-19(2)39-27;1-14-12-16(31-10-8-28(3)9-11-31)6-7-17(14)26-23-24-13-18-20(27-23)30(5)22-19(21(32)29(18)4)25-15(2)33-22;1-14-12-16(6-7-17(14)31-10-8-28(3)9-11-31)26-23-24-13-18-20(27-23)30(5)22-19(21(32)29(18)4)25-15(2)33-22/h6-7,16-17,20H,8-15H2,1-5H3,(H,29,31,32);2*6-7,12-13H,8-11H2,1-5H3,(H,24,26,27). The van der Waals surface area contributed by atoms with Crippen molar-refractivity contribution in [1.29, 1.82) is 0 Å². The van der Waals surface area contributed by atoms with Gasteiger partial charge in [-0.1, -0.05) is 0 Å². The molecule has 31 heteroatoms. The average Bonchev–Trinajstić information content (AvgIpc) is 1.64. The summed E-state index contributed by atoms with van der Waals surface area (Å²) in [5.41, 5.74) is 13.4. The van der Waals surface area contributed by atoms with E-state index in [0.717, 1.165) is 124 Å². The lowest BCUT2D eigenvalue weighted by molar-refractivity contribution is 0.0982. The van der Waals surface area contributed by atoms with Gasteiger partial charge in [0.25, 0.3) is 17.7 Å². The topological polar surface area (TPSA) is 245 Å². The maximum Gasteiger partial charge on any atom is 0.279 e. The Morgan fingerprint density at radius 3 is 1.10 bits per heavy atom. The van der Waals surface area contributed by atoms with Crippen LogP contribution in [0.25, 0.3) is 0 Å². The molecule has 6 aromatic heterocycles. The van der Waals surface area contributed by atoms with E-state index >= 15 is 0 Å². The van der Waals surface area contributed by atoms with Crippen molar-refractivity contribution in [2.75, 3.05) is 215 Å². The van der Waals surface area contributed by atoms with Gasteiger partial charge in [-0.05, 0) is 147 Å². The fraction of sp³-hybridized carbons (Fsp3) is 0.432. The van der Waals surface area contributed by atoms with Gasteiger partial charge in [-0.3, -0.25) is 19.3 Å². The van der Waals surface area contributed by atoms with Crippen LogP contribution in [-0.4, -0.2) is 243 Å². The average molecular weight is 1480 g/mol. The van der Waals surface area contributed by atoms with Crippen LogP contribution in [0.5, 0.6) is 0 Å². The minimum atomic E-state index is -0.153. The van der Waals surface area contributed by atoms with Gasteiger partial charge in [-0.2, -0.15) is 15.0 Å². The van der Waals surface area contributed by atoms with E-state index in [2.05, 4.69) is 177 Å². The molecule has 3 aromatic carbocycles. The zero-order valence-electron chi connectivity index (χ0n) is 62.6. The molecule has 0 saturated carbocycles. The lowest BCUT2D eigenvalue weighted by atomic mass is 10.0. The smallest absolute Gasteiger partial charge is 0.279 e. The molecular formula is C74H93N25O3S3. The number of fused-ring (bicyclic) bond motifs is 6. The van der Waals surface area contributed by atoms with Gasteiger partial charge in [0.2, 0.25) is 17.8 Å². The van der Waals surface area contributed by atoms with E-state index in [1.54, 1.807) is 54.4 Å². The number of aromatic nitrogens is 9. The summed E-state index contributed by atoms with van der Waals surface area (Å²) in [6, 6.07) is 20.1. The first-order valence-electron chi connectivity index (χ1n) is 35.7. The van der Waals surface area contributed by atoms with Gasteiger partial charge in [-0.25, -0.2) is 29.9 Å². The Balaban J connectivity index is 0.000000133. The number of rotatable bonds is 10. The maximum atomic E-state index is 13.0. The van der Waals surface area contributed by atoms with Gasteiger partial charge in [-0.15, -0.1) is 34.0 Å². The van der Waals surface area contributed by atoms with Crippen molar-refractivity contribution in [3.63, 3.8) is 0 Å². The van der Waals surface area contributed by atoms with Crippen LogP contribution in [0.1, 0.15) is 76.0 Å². The van der Waals surface area contributed by atoms with E-state index in [1.807, 2.05) is 56.6 Å². The van der Waals surface area contributed by atoms with Gasteiger partial charge in [0, 0.05) is 174 Å². The fourth-order valence-corrected chi connectivity index (χ4v) is 17.0. The molecule has 7 aliphatic rings. The number of nitrogens with one attached hydrogen (secondary N) is 3. The normalized spacial score (nSPS) is 17.5. The van der Waals surface area contributed by atoms with Crippen LogP contribution in [0, 0.1) is 41.5 Å². The number of carbonyl (C=O) groups is 3. The molecule has 0 bridgehead atoms. The number of aryl methyl sites for hydroxylation is 6. The second-order valence-corrected chi connectivity index (χ2v) is 31.7. The molecule has 3 amide bonds. The van der Waals surface area contributed by atoms with Crippen LogP contribution in [0.3, 0.4) is 0 Å². The summed E-state index contributed by atoms with van der Waals surface area (Å²) in [6.45, 7) is 27.5. The van der Waals surface area contributed by atoms with E-state index < -0.39 is 0 Å². The molecule has 0 unspecified atom stereocenters. The Morgan fingerprint density at radius 1 is 0.362 bits per heavy atom. The predicted molar refractivity (Wildman–Crippen MR) is 426 cm³/mol. The van der Waals surface area contributed by atoms with Crippen LogP contribution in [0.2, 0.25) is 0 Å². The Morgan fingerprint density at radius 2 is 0.724 bits per heavy atom. The maximum absolute atomic E-state index is 13.0. The molecule has 16 rings (SSSR count). The van der Waals surface area contributed by atoms with E-state index in [1.165, 1.54) is 95.7 Å². The van der Waals surface area contributed by atoms with Crippen molar-refractivity contribution in [2.24, 2.45) is 0 Å². The highest BCUT2D eigenvalue weighted by Crippen LogP contribution is 2.45. The number of hydrogen-bond donors (Lipinski definition) is 3. The Bertz CT molecular complexity index is 4740. The largest absolute Gasteiger partial charge is 0.371 e. The summed E-state index contributed by atoms with van der Waals surface area (Å²) in [6.07, 6.45) is 7.52. The zero-order valence-corrected chi connectivity index (χ0v) is 65.1. The second-order valence-electron chi connectivity index (χ2n) is 28.1. The second kappa shape index (κ2) is 30.0. The van der Waals surface area contributed by atoms with Gasteiger partial charge in [0.15, 0.2) is 34.5 Å². The third-order valence-electron chi connectivity index (χ3n) is 20.8. The van der Waals surface area contributed by atoms with Crippen molar-refractivity contribution < 1.29 is 14.4 Å². The van der Waals surface area contributed by atoms with Crippen molar-refractivity contribution in [1.82, 2.24) is 64.5 Å². The molecular weight excluding hydrogens is 1380 g/mol. The molecule has 9 aromatic rings. The van der Waals surface area contributed by atoms with E-state index in [0.29, 0.717) is 75.5 Å². The van der Waals surface area contributed by atoms with Crippen molar-refractivity contribution in [3.8, 4) is 0 Å². The lowest BCUT2D eigenvalue weighted by Crippen LogP contribution is -2.52. The number of nitrogens with zero attached hydrogens (tertiary/aromatic N) is 22. The summed E-state index contributed by atoms with van der Waals surface area (Å²) in [4.78, 5) is 108. The van der Waals surface area contributed by atoms with E-state index in [-0.39, 0.29) is 17.7 Å². The Labute approximate surface area is 626 Å². The third-order valence-corrected chi connectivity index (χ3v) is 24.0. The highest BCUT2D eigenvalue weighted by Gasteiger charge is 2.36. The van der Waals surface area contributed by atoms with Gasteiger partial charge >= 0.3 is 0 Å². The molecule has 3 N–H and O–H groups in total. The molecule has 0 radical (unpaired) electrons. The summed E-state index contributed by atoms with van der Waals surface area (Å²) in [5.74, 6) is 3.01. The lowest BCUT2D eigenvalue weighted by Gasteiger charge is -2.42. The Hall–Kier alpha value is -9.76. The highest BCUT2D eigenvalue weighted by atomic mass is 32.1. The van der Waals surface area contributed by atoms with E-state index in [4.69, 9.17) is 15.0 Å². The van der Waals surface area contributed by atoms with Gasteiger partial charge < -0.3 is 74.7 Å². The molecule has 105 heavy (non-hydrogen) atoms. The number of amides is 3. The van der Waals surface area contributed by atoms with Crippen LogP contribution >= 0.6 is 34.0 Å². The first-order valence-corrected chi connectivity index (χ1v) is 38.1. The van der Waals surface area contributed by atoms with Gasteiger partial charge in [0.1, 0.15) is 32.1 Å². The highest BCUT2D eigenvalue weighted by molar-refractivity contribution is 7.17. The third kappa shape index (κ3) is 14.9. The summed E-state index contributed by atoms with van der Waals surface area (Å²) < 4.78 is 0. The number of piperazine rings is 3. The van der Waals surface area contributed by atoms with Crippen LogP contribution in [0.15, 0.2) is 73.2 Å². The number of carbonyl (C=O) groups excluding carboxylic acids is 3. The molecule has 7 aliphatic heterocycles. The summed E-state index contributed by atoms with van der Waals surface area (Å²) in [5, 5.41) is 15.0. The van der Waals surface area contributed by atoms with Crippen molar-refractivity contribution in [3.05, 3.63) is 122 Å². The minimum Gasteiger partial charge on any atom is -0.371 e. The van der Waals surface area contributed by atoms with Crippen molar-refractivity contribution >= 4 is 153 Å². The molecule has 0 atom stereocenters. The van der Waals surface area contributed by atoms with Gasteiger partial charge in [0.05, 0.1) is 33.6 Å². The predicted octanol–water partition coefficient (Wildman–Crippen LogP) is 10.7. The molecule has 4 saturated heterocycles. The van der Waals surface area contributed by atoms with E-state index in [9.17, 15) is 14.4 Å². The quantitative estimate of drug-likeness (QED) is 0.115. The molecule has 0 aliphatic carbocycles. The SMILES string of the molecule is Cc1nc2c(s1)N(C)c1nc(Nc3ccc(N4CCC(N5CCN(C)CC5)CC4)cc3C)ncc1N(C)C2=O.Cc1nc2c(s1)N(C)c1nc(Nc3ccc(N4CCN(C)CC4)c(C)c3)ncc1N(C)C2=O.Cc1nc2c(s1)N(C)c1nc(Nc3ccc(N4CCN(C)CC4)cc3C)ncc1N(C)C2=O. The summed E-state index contributed by atoms with van der Waals surface area (Å²) in [7, 11) is 17.5. The number of piperidine rings is 1. The number of likely N-dealkylation sites (N-methyl/N-ethyl adjacent to an activating group) is 3. The molecule has 13 heterocycles. The zero-order chi connectivity index (χ0) is 73.8. The molecule has 0 spiro atoms. The number of thiazole rings is 3. The number of anilines is 18. The van der Waals surface area contributed by atoms with Crippen LogP contribution in [0.4, 0.5) is 101 Å².